The highest BCUT2D eigenvalue weighted by Crippen LogP contribution is 2.20. The molecule has 1 fully saturated rings. The van der Waals surface area contributed by atoms with E-state index in [0.717, 1.165) is 0 Å². The van der Waals surface area contributed by atoms with Crippen LogP contribution in [0.3, 0.4) is 0 Å². The summed E-state index contributed by atoms with van der Waals surface area (Å²) in [5.74, 6) is -0.104. The van der Waals surface area contributed by atoms with Crippen molar-refractivity contribution in [1.29, 1.82) is 0 Å². The molecule has 5 nitrogen and oxygen atoms in total. The molecule has 1 aliphatic heterocycles. The summed E-state index contributed by atoms with van der Waals surface area (Å²) >= 11 is 0. The highest BCUT2D eigenvalue weighted by molar-refractivity contribution is 5.88. The lowest BCUT2D eigenvalue weighted by Gasteiger charge is -2.39. The Bertz CT molecular complexity index is 288. The molecule has 1 saturated heterocycles. The average Bonchev–Trinajstić information content (AvgIpc) is 1.96. The van der Waals surface area contributed by atoms with Crippen molar-refractivity contribution in [3.8, 4) is 0 Å². The molecule has 1 atom stereocenters. The molecule has 1 heterocycles. The highest BCUT2D eigenvalue weighted by atomic mass is 16.6. The number of ether oxygens (including phenoxy) is 1. The van der Waals surface area contributed by atoms with E-state index in [1.807, 2.05) is 20.8 Å². The first kappa shape index (κ1) is 13.0. The van der Waals surface area contributed by atoms with Crippen LogP contribution < -0.4 is 5.73 Å². The predicted molar refractivity (Wildman–Crippen MR) is 60.0 cm³/mol. The molecule has 1 unspecified atom stereocenters. The van der Waals surface area contributed by atoms with Crippen molar-refractivity contribution in [2.45, 2.75) is 39.3 Å². The molecule has 0 spiro atoms. The maximum absolute atomic E-state index is 11.5. The molecule has 0 aromatic carbocycles. The highest BCUT2D eigenvalue weighted by Gasteiger charge is 2.38. The molecule has 0 radical (unpaired) electrons. The topological polar surface area (TPSA) is 72.6 Å². The van der Waals surface area contributed by atoms with Crippen molar-refractivity contribution < 1.29 is 14.3 Å². The van der Waals surface area contributed by atoms with E-state index in [-0.39, 0.29) is 17.8 Å². The smallest absolute Gasteiger partial charge is 0.410 e. The SMILES string of the molecule is CC(N)C(=O)C1CN(C(=O)OC(C)(C)C)C1. The Morgan fingerprint density at radius 3 is 2.25 bits per heavy atom. The van der Waals surface area contributed by atoms with Crippen LogP contribution in [0.15, 0.2) is 0 Å². The first-order valence-electron chi connectivity index (χ1n) is 5.48. The Morgan fingerprint density at radius 2 is 1.88 bits per heavy atom. The summed E-state index contributed by atoms with van der Waals surface area (Å²) in [6.45, 7) is 7.96. The number of likely N-dealkylation sites (tertiary alicyclic amines) is 1. The Balaban J connectivity index is 2.36. The van der Waals surface area contributed by atoms with Crippen molar-refractivity contribution in [3.63, 3.8) is 0 Å². The molecule has 2 N–H and O–H groups in total. The second-order valence-electron chi connectivity index (χ2n) is 5.27. The number of amides is 1. The van der Waals surface area contributed by atoms with Crippen LogP contribution in [0.4, 0.5) is 4.79 Å². The van der Waals surface area contributed by atoms with Crippen LogP contribution in [0.25, 0.3) is 0 Å². The fraction of sp³-hybridized carbons (Fsp3) is 0.818. The molecule has 1 amide bonds. The van der Waals surface area contributed by atoms with E-state index >= 15 is 0 Å². The molecule has 5 heteroatoms. The van der Waals surface area contributed by atoms with Crippen LogP contribution >= 0.6 is 0 Å². The molecular formula is C11H20N2O3. The normalized spacial score (nSPS) is 18.9. The van der Waals surface area contributed by atoms with Crippen molar-refractivity contribution in [1.82, 2.24) is 4.90 Å². The van der Waals surface area contributed by atoms with Gasteiger partial charge in [-0.1, -0.05) is 0 Å². The van der Waals surface area contributed by atoms with Gasteiger partial charge in [0.15, 0.2) is 5.78 Å². The molecule has 0 saturated carbocycles. The summed E-state index contributed by atoms with van der Waals surface area (Å²) in [7, 11) is 0. The van der Waals surface area contributed by atoms with Gasteiger partial charge in [0.1, 0.15) is 5.60 Å². The largest absolute Gasteiger partial charge is 0.444 e. The van der Waals surface area contributed by atoms with Crippen LogP contribution in [-0.2, 0) is 9.53 Å². The third-order valence-corrected chi connectivity index (χ3v) is 2.38. The molecule has 0 aliphatic carbocycles. The molecule has 16 heavy (non-hydrogen) atoms. The van der Waals surface area contributed by atoms with Crippen LogP contribution in [0.1, 0.15) is 27.7 Å². The van der Waals surface area contributed by atoms with E-state index in [9.17, 15) is 9.59 Å². The molecule has 0 bridgehead atoms. The number of nitrogens with zero attached hydrogens (tertiary/aromatic N) is 1. The van der Waals surface area contributed by atoms with Gasteiger partial charge in [0, 0.05) is 13.1 Å². The Morgan fingerprint density at radius 1 is 1.38 bits per heavy atom. The molecule has 1 aliphatic rings. The van der Waals surface area contributed by atoms with E-state index in [1.54, 1.807) is 6.92 Å². The zero-order chi connectivity index (χ0) is 12.5. The van der Waals surface area contributed by atoms with E-state index in [4.69, 9.17) is 10.5 Å². The predicted octanol–water partition coefficient (Wildman–Crippen LogP) is 0.770. The van der Waals surface area contributed by atoms with Crippen molar-refractivity contribution in [3.05, 3.63) is 0 Å². The van der Waals surface area contributed by atoms with E-state index < -0.39 is 11.6 Å². The van der Waals surface area contributed by atoms with Gasteiger partial charge in [-0.3, -0.25) is 4.79 Å². The Kier molecular flexibility index (Phi) is 3.57. The number of nitrogens with two attached hydrogens (primary N) is 1. The fourth-order valence-electron chi connectivity index (χ4n) is 1.51. The van der Waals surface area contributed by atoms with Crippen LogP contribution in [0.2, 0.25) is 0 Å². The van der Waals surface area contributed by atoms with Crippen molar-refractivity contribution in [2.75, 3.05) is 13.1 Å². The van der Waals surface area contributed by atoms with Gasteiger partial charge in [-0.15, -0.1) is 0 Å². The lowest BCUT2D eigenvalue weighted by molar-refractivity contribution is -0.128. The van der Waals surface area contributed by atoms with E-state index in [0.29, 0.717) is 13.1 Å². The monoisotopic (exact) mass is 228 g/mol. The van der Waals surface area contributed by atoms with Gasteiger partial charge in [-0.25, -0.2) is 4.79 Å². The number of ketones is 1. The number of hydrogen-bond donors (Lipinski definition) is 1. The third kappa shape index (κ3) is 3.20. The number of hydrogen-bond acceptors (Lipinski definition) is 4. The maximum atomic E-state index is 11.5. The minimum Gasteiger partial charge on any atom is -0.444 e. The molecule has 1 rings (SSSR count). The van der Waals surface area contributed by atoms with Crippen LogP contribution in [-0.4, -0.2) is 41.5 Å². The standard InChI is InChI=1S/C11H20N2O3/c1-7(12)9(14)8-5-13(6-8)10(15)16-11(2,3)4/h7-8H,5-6,12H2,1-4H3. The van der Waals surface area contributed by atoms with E-state index in [1.165, 1.54) is 4.90 Å². The zero-order valence-electron chi connectivity index (χ0n) is 10.3. The van der Waals surface area contributed by atoms with Gasteiger partial charge in [-0.05, 0) is 27.7 Å². The van der Waals surface area contributed by atoms with Gasteiger partial charge in [0.25, 0.3) is 0 Å². The van der Waals surface area contributed by atoms with Crippen LogP contribution in [0.5, 0.6) is 0 Å². The minimum absolute atomic E-state index is 0.0137. The lowest BCUT2D eigenvalue weighted by Crippen LogP contribution is -2.56. The Hall–Kier alpha value is -1.10. The van der Waals surface area contributed by atoms with Crippen molar-refractivity contribution in [2.24, 2.45) is 11.7 Å². The first-order chi connectivity index (χ1) is 7.20. The fourth-order valence-corrected chi connectivity index (χ4v) is 1.51. The second kappa shape index (κ2) is 4.41. The number of carbonyl (C=O) groups excluding carboxylic acids is 2. The summed E-state index contributed by atoms with van der Waals surface area (Å²) in [6.07, 6.45) is -0.360. The summed E-state index contributed by atoms with van der Waals surface area (Å²) in [5.41, 5.74) is 4.99. The van der Waals surface area contributed by atoms with Gasteiger partial charge in [-0.2, -0.15) is 0 Å². The van der Waals surface area contributed by atoms with Gasteiger partial charge >= 0.3 is 6.09 Å². The summed E-state index contributed by atoms with van der Waals surface area (Å²) in [6, 6.07) is -0.453. The molecule has 0 aromatic rings. The number of carbonyl (C=O) groups is 2. The molecular weight excluding hydrogens is 208 g/mol. The van der Waals surface area contributed by atoms with Gasteiger partial charge in [0.05, 0.1) is 12.0 Å². The quantitative estimate of drug-likeness (QED) is 0.757. The van der Waals surface area contributed by atoms with Gasteiger partial charge in [0.2, 0.25) is 0 Å². The van der Waals surface area contributed by atoms with Gasteiger partial charge < -0.3 is 15.4 Å². The number of Topliss-reactive ketones (excluding diaryl/α,β-unsaturated/α-hetero) is 1. The average molecular weight is 228 g/mol. The Labute approximate surface area is 95.9 Å². The third-order valence-electron chi connectivity index (χ3n) is 2.38. The zero-order valence-corrected chi connectivity index (χ0v) is 10.3. The minimum atomic E-state index is -0.493. The molecule has 0 aromatic heterocycles. The lowest BCUT2D eigenvalue weighted by atomic mass is 9.92. The number of rotatable bonds is 2. The van der Waals surface area contributed by atoms with Crippen molar-refractivity contribution >= 4 is 11.9 Å². The summed E-state index contributed by atoms with van der Waals surface area (Å²) < 4.78 is 5.17. The summed E-state index contributed by atoms with van der Waals surface area (Å²) in [4.78, 5) is 24.5. The maximum Gasteiger partial charge on any atom is 0.410 e. The van der Waals surface area contributed by atoms with E-state index in [2.05, 4.69) is 0 Å². The van der Waals surface area contributed by atoms with Crippen LogP contribution in [0, 0.1) is 5.92 Å². The molecule has 92 valence electrons. The summed E-state index contributed by atoms with van der Waals surface area (Å²) in [5, 5.41) is 0. The second-order valence-corrected chi connectivity index (χ2v) is 5.27. The first-order valence-corrected chi connectivity index (χ1v) is 5.48.